The lowest BCUT2D eigenvalue weighted by Gasteiger charge is -2.09. The van der Waals surface area contributed by atoms with Gasteiger partial charge in [0.2, 0.25) is 0 Å². The number of hydrogen-bond donors (Lipinski definition) is 1. The van der Waals surface area contributed by atoms with Crippen molar-refractivity contribution in [2.45, 2.75) is 18.9 Å². The first-order valence-corrected chi connectivity index (χ1v) is 5.17. The van der Waals surface area contributed by atoms with Crippen LogP contribution in [0.15, 0.2) is 18.3 Å². The molecule has 1 aliphatic rings. The number of aliphatic hydroxyl groups is 1. The van der Waals surface area contributed by atoms with Crippen LogP contribution in [-0.4, -0.2) is 29.5 Å². The number of nitrogens with zero attached hydrogens (tertiary/aromatic N) is 1. The fourth-order valence-corrected chi connectivity index (χ4v) is 1.69. The number of pyridine rings is 1. The maximum absolute atomic E-state index is 11.2. The maximum Gasteiger partial charge on any atom is 0.359 e. The minimum Gasteiger partial charge on any atom is -0.434 e. The van der Waals surface area contributed by atoms with Crippen molar-refractivity contribution in [1.82, 2.24) is 4.98 Å². The molecule has 0 aliphatic carbocycles. The van der Waals surface area contributed by atoms with Gasteiger partial charge in [0.1, 0.15) is 5.69 Å². The molecule has 1 fully saturated rings. The quantitative estimate of drug-likeness (QED) is 0.612. The third-order valence-electron chi connectivity index (χ3n) is 2.49. The van der Waals surface area contributed by atoms with Crippen molar-refractivity contribution in [2.24, 2.45) is 0 Å². The number of aromatic nitrogens is 1. The second-order valence-electron chi connectivity index (χ2n) is 3.54. The third-order valence-corrected chi connectivity index (χ3v) is 2.49. The van der Waals surface area contributed by atoms with Crippen molar-refractivity contribution in [3.8, 4) is 0 Å². The molecule has 0 bridgehead atoms. The summed E-state index contributed by atoms with van der Waals surface area (Å²) in [5, 5.41) is 8.43. The highest BCUT2D eigenvalue weighted by atomic mass is 16.6. The summed E-state index contributed by atoms with van der Waals surface area (Å²) < 4.78 is 9.91. The van der Waals surface area contributed by atoms with Gasteiger partial charge in [-0.3, -0.25) is 0 Å². The van der Waals surface area contributed by atoms with Crippen LogP contribution < -0.4 is 0 Å². The second kappa shape index (κ2) is 5.05. The van der Waals surface area contributed by atoms with E-state index in [0.717, 1.165) is 25.0 Å². The first-order valence-electron chi connectivity index (χ1n) is 5.17. The highest BCUT2D eigenvalue weighted by Crippen LogP contribution is 2.27. The van der Waals surface area contributed by atoms with Crippen molar-refractivity contribution in [2.75, 3.05) is 13.4 Å². The molecule has 5 heteroatoms. The molecule has 5 nitrogen and oxygen atoms in total. The Kier molecular flexibility index (Phi) is 3.48. The summed E-state index contributed by atoms with van der Waals surface area (Å²) in [6.07, 6.45) is 3.75. The lowest BCUT2D eigenvalue weighted by Crippen LogP contribution is -2.08. The zero-order chi connectivity index (χ0) is 11.4. The molecular formula is C11H13NO4. The summed E-state index contributed by atoms with van der Waals surface area (Å²) >= 11 is 0. The van der Waals surface area contributed by atoms with E-state index in [2.05, 4.69) is 9.72 Å². The van der Waals surface area contributed by atoms with Crippen LogP contribution >= 0.6 is 0 Å². The summed E-state index contributed by atoms with van der Waals surface area (Å²) in [4.78, 5) is 15.2. The first-order chi connectivity index (χ1) is 7.81. The van der Waals surface area contributed by atoms with E-state index in [1.54, 1.807) is 18.3 Å². The Balaban J connectivity index is 2.06. The Bertz CT molecular complexity index is 357. The second-order valence-corrected chi connectivity index (χ2v) is 3.54. The zero-order valence-electron chi connectivity index (χ0n) is 8.76. The minimum absolute atomic E-state index is 0.0930. The van der Waals surface area contributed by atoms with Crippen molar-refractivity contribution in [3.05, 3.63) is 29.6 Å². The average molecular weight is 223 g/mol. The molecule has 0 spiro atoms. The van der Waals surface area contributed by atoms with Gasteiger partial charge in [0.05, 0.1) is 6.10 Å². The van der Waals surface area contributed by atoms with Crippen molar-refractivity contribution in [1.29, 1.82) is 0 Å². The lowest BCUT2D eigenvalue weighted by molar-refractivity contribution is 0.00621. The minimum atomic E-state index is -0.631. The van der Waals surface area contributed by atoms with Crippen LogP contribution in [0.25, 0.3) is 0 Å². The van der Waals surface area contributed by atoms with E-state index in [4.69, 9.17) is 9.84 Å². The molecule has 1 unspecified atom stereocenters. The molecule has 86 valence electrons. The number of ether oxygens (including phenoxy) is 2. The summed E-state index contributed by atoms with van der Waals surface area (Å²) in [7, 11) is 0. The molecule has 0 radical (unpaired) electrons. The number of aliphatic hydroxyl groups excluding tert-OH is 1. The predicted molar refractivity (Wildman–Crippen MR) is 54.7 cm³/mol. The van der Waals surface area contributed by atoms with Gasteiger partial charge < -0.3 is 14.6 Å². The van der Waals surface area contributed by atoms with Crippen LogP contribution in [0.1, 0.15) is 35.0 Å². The van der Waals surface area contributed by atoms with Crippen LogP contribution in [0.2, 0.25) is 0 Å². The Labute approximate surface area is 93.0 Å². The van der Waals surface area contributed by atoms with Crippen LogP contribution in [0, 0.1) is 0 Å². The summed E-state index contributed by atoms with van der Waals surface area (Å²) in [5.41, 5.74) is 1.16. The predicted octanol–water partition coefficient (Wildman–Crippen LogP) is 1.04. The maximum atomic E-state index is 11.2. The van der Waals surface area contributed by atoms with E-state index in [-0.39, 0.29) is 11.8 Å². The SMILES string of the molecule is O=C(OCO)c1ccc(C2CCCO2)cn1. The Morgan fingerprint density at radius 2 is 2.50 bits per heavy atom. The van der Waals surface area contributed by atoms with E-state index in [1.807, 2.05) is 0 Å². The lowest BCUT2D eigenvalue weighted by atomic mass is 10.1. The summed E-state index contributed by atoms with van der Waals surface area (Å²) in [6, 6.07) is 3.38. The molecule has 1 N–H and O–H groups in total. The Morgan fingerprint density at radius 3 is 3.06 bits per heavy atom. The Hall–Kier alpha value is -1.46. The van der Waals surface area contributed by atoms with Gasteiger partial charge in [0, 0.05) is 12.8 Å². The molecule has 0 aromatic carbocycles. The number of rotatable bonds is 3. The van der Waals surface area contributed by atoms with Gasteiger partial charge in [0.15, 0.2) is 6.79 Å². The van der Waals surface area contributed by atoms with Crippen LogP contribution in [0.5, 0.6) is 0 Å². The molecule has 0 amide bonds. The van der Waals surface area contributed by atoms with Gasteiger partial charge in [-0.05, 0) is 24.5 Å². The van der Waals surface area contributed by atoms with E-state index in [1.165, 1.54) is 0 Å². The van der Waals surface area contributed by atoms with Gasteiger partial charge in [-0.25, -0.2) is 9.78 Å². The van der Waals surface area contributed by atoms with Gasteiger partial charge in [0.25, 0.3) is 0 Å². The van der Waals surface area contributed by atoms with Gasteiger partial charge >= 0.3 is 5.97 Å². The molecule has 16 heavy (non-hydrogen) atoms. The van der Waals surface area contributed by atoms with E-state index in [9.17, 15) is 4.79 Å². The largest absolute Gasteiger partial charge is 0.434 e. The number of carbonyl (C=O) groups excluding carboxylic acids is 1. The molecule has 1 atom stereocenters. The molecule has 2 heterocycles. The fraction of sp³-hybridized carbons (Fsp3) is 0.455. The molecule has 0 saturated carbocycles. The summed E-state index contributed by atoms with van der Waals surface area (Å²) in [5.74, 6) is -0.624. The average Bonchev–Trinajstić information content (AvgIpc) is 2.83. The highest BCUT2D eigenvalue weighted by molar-refractivity contribution is 5.87. The van der Waals surface area contributed by atoms with Crippen molar-refractivity contribution < 1.29 is 19.4 Å². The van der Waals surface area contributed by atoms with E-state index < -0.39 is 12.8 Å². The number of esters is 1. The van der Waals surface area contributed by atoms with Crippen LogP contribution in [0.3, 0.4) is 0 Å². The molecular weight excluding hydrogens is 210 g/mol. The van der Waals surface area contributed by atoms with Gasteiger partial charge in [-0.1, -0.05) is 6.07 Å². The molecule has 1 aromatic heterocycles. The Morgan fingerprint density at radius 1 is 1.62 bits per heavy atom. The van der Waals surface area contributed by atoms with E-state index in [0.29, 0.717) is 0 Å². The fourth-order valence-electron chi connectivity index (χ4n) is 1.69. The molecule has 2 rings (SSSR count). The third kappa shape index (κ3) is 2.37. The van der Waals surface area contributed by atoms with Crippen LogP contribution in [-0.2, 0) is 9.47 Å². The number of carbonyl (C=O) groups is 1. The van der Waals surface area contributed by atoms with Gasteiger partial charge in [-0.2, -0.15) is 0 Å². The van der Waals surface area contributed by atoms with Crippen molar-refractivity contribution in [3.63, 3.8) is 0 Å². The molecule has 1 aliphatic heterocycles. The number of hydrogen-bond acceptors (Lipinski definition) is 5. The first kappa shape index (κ1) is 11.0. The monoisotopic (exact) mass is 223 g/mol. The van der Waals surface area contributed by atoms with Gasteiger partial charge in [-0.15, -0.1) is 0 Å². The normalized spacial score (nSPS) is 19.7. The van der Waals surface area contributed by atoms with E-state index >= 15 is 0 Å². The standard InChI is InChI=1S/C11H13NO4/c13-7-16-11(14)9-4-3-8(6-12-9)10-2-1-5-15-10/h3-4,6,10,13H,1-2,5,7H2. The molecule has 1 saturated heterocycles. The smallest absolute Gasteiger partial charge is 0.359 e. The van der Waals surface area contributed by atoms with Crippen molar-refractivity contribution >= 4 is 5.97 Å². The van der Waals surface area contributed by atoms with Crippen LogP contribution in [0.4, 0.5) is 0 Å². The highest BCUT2D eigenvalue weighted by Gasteiger charge is 2.18. The zero-order valence-corrected chi connectivity index (χ0v) is 8.76. The summed E-state index contributed by atoms with van der Waals surface area (Å²) in [6.45, 7) is 0.146. The molecule has 1 aromatic rings. The topological polar surface area (TPSA) is 68.7 Å².